The van der Waals surface area contributed by atoms with Crippen molar-refractivity contribution in [1.29, 1.82) is 0 Å². The third-order valence-corrected chi connectivity index (χ3v) is 4.43. The fraction of sp³-hybridized carbons (Fsp3) is 0.385. The van der Waals surface area contributed by atoms with E-state index < -0.39 is 10.0 Å². The molecule has 0 aliphatic carbocycles. The second kappa shape index (κ2) is 6.90. The lowest BCUT2D eigenvalue weighted by molar-refractivity contribution is 0.0736. The number of methoxy groups -OCH3 is 1. The van der Waals surface area contributed by atoms with Crippen molar-refractivity contribution in [2.24, 2.45) is 0 Å². The van der Waals surface area contributed by atoms with Crippen molar-refractivity contribution in [2.75, 3.05) is 39.2 Å². The van der Waals surface area contributed by atoms with E-state index in [0.717, 1.165) is 5.52 Å². The van der Waals surface area contributed by atoms with Gasteiger partial charge < -0.3 is 20.2 Å². The number of anilines is 1. The predicted octanol–water partition coefficient (Wildman–Crippen LogP) is 0.691. The van der Waals surface area contributed by atoms with Crippen molar-refractivity contribution in [3.63, 3.8) is 0 Å². The highest BCUT2D eigenvalue weighted by Crippen LogP contribution is 2.24. The number of nitrogen functional groups attached to an aromatic ring is 1. The molecular weight excluding hydrogens is 294 g/mol. The van der Waals surface area contributed by atoms with Crippen molar-refractivity contribution in [3.05, 3.63) is 24.4 Å². The van der Waals surface area contributed by atoms with Crippen LogP contribution in [-0.4, -0.2) is 46.9 Å². The number of benzene rings is 1. The topological polar surface area (TPSA) is 106 Å². The lowest BCUT2D eigenvalue weighted by Crippen LogP contribution is -2.27. The number of rotatable bonds is 8. The Balaban J connectivity index is 2.03. The Morgan fingerprint density at radius 2 is 2.10 bits per heavy atom. The number of nitrogens with two attached hydrogens (primary N) is 1. The van der Waals surface area contributed by atoms with Crippen LogP contribution >= 0.6 is 0 Å². The van der Waals surface area contributed by atoms with Crippen LogP contribution in [0, 0.1) is 0 Å². The van der Waals surface area contributed by atoms with Gasteiger partial charge in [0.25, 0.3) is 0 Å². The normalized spacial score (nSPS) is 12.0. The molecule has 2 rings (SSSR count). The maximum Gasteiger partial charge on any atom is 0.242 e. The summed E-state index contributed by atoms with van der Waals surface area (Å²) in [5.41, 5.74) is 6.94. The molecule has 8 heteroatoms. The summed E-state index contributed by atoms with van der Waals surface area (Å²) < 4.78 is 37.0. The van der Waals surface area contributed by atoms with Gasteiger partial charge in [-0.05, 0) is 18.2 Å². The fourth-order valence-corrected chi connectivity index (χ4v) is 3.09. The fourth-order valence-electron chi connectivity index (χ4n) is 1.91. The largest absolute Gasteiger partial charge is 0.399 e. The molecule has 0 amide bonds. The number of nitrogens with one attached hydrogen (secondary N) is 2. The van der Waals surface area contributed by atoms with E-state index in [4.69, 9.17) is 15.2 Å². The van der Waals surface area contributed by atoms with Crippen LogP contribution in [0.25, 0.3) is 10.9 Å². The molecule has 0 spiro atoms. The van der Waals surface area contributed by atoms with Gasteiger partial charge >= 0.3 is 0 Å². The first kappa shape index (κ1) is 15.8. The molecule has 116 valence electrons. The molecule has 21 heavy (non-hydrogen) atoms. The maximum absolute atomic E-state index is 12.3. The van der Waals surface area contributed by atoms with Gasteiger partial charge in [0.1, 0.15) is 4.90 Å². The molecule has 0 aliphatic heterocycles. The van der Waals surface area contributed by atoms with E-state index in [-0.39, 0.29) is 18.0 Å². The first-order valence-corrected chi connectivity index (χ1v) is 7.96. The van der Waals surface area contributed by atoms with E-state index in [1.165, 1.54) is 6.20 Å². The summed E-state index contributed by atoms with van der Waals surface area (Å²) in [6.07, 6.45) is 1.46. The quantitative estimate of drug-likeness (QED) is 0.491. The molecule has 0 aliphatic rings. The Kier molecular flexibility index (Phi) is 5.18. The van der Waals surface area contributed by atoms with Gasteiger partial charge in [-0.15, -0.1) is 0 Å². The van der Waals surface area contributed by atoms with Gasteiger partial charge in [0, 0.05) is 36.4 Å². The summed E-state index contributed by atoms with van der Waals surface area (Å²) in [6, 6.07) is 5.10. The zero-order chi connectivity index (χ0) is 15.3. The van der Waals surface area contributed by atoms with E-state index >= 15 is 0 Å². The van der Waals surface area contributed by atoms with Crippen molar-refractivity contribution in [2.45, 2.75) is 4.90 Å². The molecule has 0 saturated carbocycles. The average Bonchev–Trinajstić information content (AvgIpc) is 2.86. The second-order valence-corrected chi connectivity index (χ2v) is 6.20. The highest BCUT2D eigenvalue weighted by Gasteiger charge is 2.18. The van der Waals surface area contributed by atoms with E-state index in [0.29, 0.717) is 24.3 Å². The molecule has 4 N–H and O–H groups in total. The lowest BCUT2D eigenvalue weighted by atomic mass is 10.2. The van der Waals surface area contributed by atoms with Gasteiger partial charge in [0.15, 0.2) is 0 Å². The molecule has 0 bridgehead atoms. The summed E-state index contributed by atoms with van der Waals surface area (Å²) in [5, 5.41) is 0.572. The minimum Gasteiger partial charge on any atom is -0.399 e. The summed E-state index contributed by atoms with van der Waals surface area (Å²) in [4.78, 5) is 3.10. The van der Waals surface area contributed by atoms with Crippen LogP contribution < -0.4 is 10.5 Å². The van der Waals surface area contributed by atoms with Gasteiger partial charge in [0.2, 0.25) is 10.0 Å². The predicted molar refractivity (Wildman–Crippen MR) is 80.6 cm³/mol. The third-order valence-electron chi connectivity index (χ3n) is 2.93. The van der Waals surface area contributed by atoms with E-state index in [1.54, 1.807) is 25.3 Å². The number of aromatic amines is 1. The van der Waals surface area contributed by atoms with E-state index in [9.17, 15) is 8.42 Å². The second-order valence-electron chi connectivity index (χ2n) is 4.46. The highest BCUT2D eigenvalue weighted by molar-refractivity contribution is 7.89. The number of fused-ring (bicyclic) bond motifs is 1. The maximum atomic E-state index is 12.3. The molecular formula is C13H19N3O4S. The standard InChI is InChI=1S/C13H19N3O4S/c1-19-6-7-20-5-4-16-21(17,18)13-9-15-12-3-2-10(14)8-11(12)13/h2-3,8-9,15-16H,4-7,14H2,1H3. The van der Waals surface area contributed by atoms with Crippen LogP contribution in [0.2, 0.25) is 0 Å². The van der Waals surface area contributed by atoms with Crippen LogP contribution in [0.15, 0.2) is 29.3 Å². The first-order chi connectivity index (χ1) is 10.0. The molecule has 0 atom stereocenters. The zero-order valence-electron chi connectivity index (χ0n) is 11.8. The van der Waals surface area contributed by atoms with Gasteiger partial charge in [-0.3, -0.25) is 0 Å². The van der Waals surface area contributed by atoms with Crippen molar-refractivity contribution >= 4 is 26.6 Å². The van der Waals surface area contributed by atoms with E-state index in [1.807, 2.05) is 0 Å². The Morgan fingerprint density at radius 1 is 1.29 bits per heavy atom. The molecule has 0 radical (unpaired) electrons. The van der Waals surface area contributed by atoms with Crippen LogP contribution in [-0.2, 0) is 19.5 Å². The molecule has 1 aromatic carbocycles. The van der Waals surface area contributed by atoms with E-state index in [2.05, 4.69) is 9.71 Å². The zero-order valence-corrected chi connectivity index (χ0v) is 12.6. The number of aromatic nitrogens is 1. The molecule has 0 unspecified atom stereocenters. The van der Waals surface area contributed by atoms with Crippen molar-refractivity contribution in [1.82, 2.24) is 9.71 Å². The average molecular weight is 313 g/mol. The number of ether oxygens (including phenoxy) is 2. The minimum atomic E-state index is -3.60. The molecule has 1 aromatic heterocycles. The van der Waals surface area contributed by atoms with Gasteiger partial charge in [-0.25, -0.2) is 13.1 Å². The molecule has 0 fully saturated rings. The van der Waals surface area contributed by atoms with Gasteiger partial charge in [-0.1, -0.05) is 0 Å². The number of sulfonamides is 1. The summed E-state index contributed by atoms with van der Waals surface area (Å²) >= 11 is 0. The van der Waals surface area contributed by atoms with Crippen LogP contribution in [0.4, 0.5) is 5.69 Å². The smallest absolute Gasteiger partial charge is 0.242 e. The van der Waals surface area contributed by atoms with Crippen molar-refractivity contribution in [3.8, 4) is 0 Å². The lowest BCUT2D eigenvalue weighted by Gasteiger charge is -2.07. The summed E-state index contributed by atoms with van der Waals surface area (Å²) in [6.45, 7) is 1.39. The van der Waals surface area contributed by atoms with Crippen molar-refractivity contribution < 1.29 is 17.9 Å². The Morgan fingerprint density at radius 3 is 2.86 bits per heavy atom. The molecule has 1 heterocycles. The van der Waals surface area contributed by atoms with Gasteiger partial charge in [0.05, 0.1) is 19.8 Å². The van der Waals surface area contributed by atoms with Crippen LogP contribution in [0.1, 0.15) is 0 Å². The summed E-state index contributed by atoms with van der Waals surface area (Å²) in [7, 11) is -2.02. The van der Waals surface area contributed by atoms with Gasteiger partial charge in [-0.2, -0.15) is 0 Å². The monoisotopic (exact) mass is 313 g/mol. The highest BCUT2D eigenvalue weighted by atomic mass is 32.2. The Bertz CT molecular complexity index is 697. The summed E-state index contributed by atoms with van der Waals surface area (Å²) in [5.74, 6) is 0. The number of hydrogen-bond acceptors (Lipinski definition) is 5. The number of hydrogen-bond donors (Lipinski definition) is 3. The van der Waals surface area contributed by atoms with Crippen LogP contribution in [0.3, 0.4) is 0 Å². The molecule has 2 aromatic rings. The third kappa shape index (κ3) is 3.94. The Hall–Kier alpha value is -1.61. The number of H-pyrrole nitrogens is 1. The first-order valence-electron chi connectivity index (χ1n) is 6.47. The Labute approximate surface area is 123 Å². The van der Waals surface area contributed by atoms with Crippen LogP contribution in [0.5, 0.6) is 0 Å². The SMILES string of the molecule is COCCOCCNS(=O)(=O)c1c[nH]c2ccc(N)cc12. The minimum absolute atomic E-state index is 0.182. The molecule has 0 saturated heterocycles. The molecule has 7 nitrogen and oxygen atoms in total.